The zero-order chi connectivity index (χ0) is 14.5. The predicted molar refractivity (Wildman–Crippen MR) is 81.2 cm³/mol. The number of carbonyl (C=O) groups excluding carboxylic acids is 1. The van der Waals surface area contributed by atoms with Crippen LogP contribution >= 0.6 is 35.0 Å². The fourth-order valence-corrected chi connectivity index (χ4v) is 2.45. The highest BCUT2D eigenvalue weighted by atomic mass is 35.5. The van der Waals surface area contributed by atoms with Gasteiger partial charge in [-0.3, -0.25) is 4.79 Å². The third-order valence-electron chi connectivity index (χ3n) is 2.34. The molecule has 1 N–H and O–H groups in total. The molecule has 0 unspecified atom stereocenters. The third-order valence-corrected chi connectivity index (χ3v) is 4.10. The van der Waals surface area contributed by atoms with Crippen LogP contribution in [0.25, 0.3) is 0 Å². The first-order chi connectivity index (χ1) is 9.56. The number of aromatic nitrogens is 1. The Balaban J connectivity index is 1.93. The zero-order valence-electron chi connectivity index (χ0n) is 10.2. The number of amides is 1. The Hall–Kier alpha value is -1.43. The van der Waals surface area contributed by atoms with Crippen LogP contribution in [0.5, 0.6) is 0 Å². The monoisotopic (exact) mass is 328 g/mol. The minimum absolute atomic E-state index is 0.131. The molecule has 1 aromatic carbocycles. The van der Waals surface area contributed by atoms with Crippen molar-refractivity contribution < 1.29 is 9.52 Å². The summed E-state index contributed by atoms with van der Waals surface area (Å²) in [6, 6.07) is 9.87. The second-order valence-electron chi connectivity index (χ2n) is 3.83. The quantitative estimate of drug-likeness (QED) is 0.532. The van der Waals surface area contributed by atoms with Crippen LogP contribution in [-0.4, -0.2) is 11.7 Å². The molecule has 4 nitrogen and oxygen atoms in total. The molecule has 1 heterocycles. The standard InChI is InChI=1S/C13H10Cl2N2O2S/c14-10-5-4-9(7-11(10)15)16-12(18)8-20-13-3-1-2-6-17(13)19/h1-7H,8H2,(H,16,18). The largest absolute Gasteiger partial charge is 0.618 e. The van der Waals surface area contributed by atoms with Gasteiger partial charge in [-0.05, 0) is 36.0 Å². The van der Waals surface area contributed by atoms with Gasteiger partial charge in [0.2, 0.25) is 5.91 Å². The molecular formula is C13H10Cl2N2O2S. The molecule has 0 bridgehead atoms. The number of halogens is 2. The number of benzene rings is 1. The molecule has 0 fully saturated rings. The normalized spacial score (nSPS) is 10.3. The second kappa shape index (κ2) is 6.83. The lowest BCUT2D eigenvalue weighted by Gasteiger charge is -2.06. The van der Waals surface area contributed by atoms with Gasteiger partial charge >= 0.3 is 0 Å². The van der Waals surface area contributed by atoms with Crippen LogP contribution in [0.3, 0.4) is 0 Å². The number of carbonyl (C=O) groups is 1. The van der Waals surface area contributed by atoms with E-state index >= 15 is 0 Å². The molecule has 0 saturated carbocycles. The number of hydrogen-bond donors (Lipinski definition) is 1. The van der Waals surface area contributed by atoms with Gasteiger partial charge in [-0.1, -0.05) is 23.2 Å². The van der Waals surface area contributed by atoms with Crippen LogP contribution in [0.2, 0.25) is 10.0 Å². The molecule has 7 heteroatoms. The minimum atomic E-state index is -0.225. The van der Waals surface area contributed by atoms with Crippen molar-refractivity contribution in [3.05, 3.63) is 57.8 Å². The van der Waals surface area contributed by atoms with Gasteiger partial charge in [0.15, 0.2) is 6.20 Å². The maximum atomic E-state index is 11.8. The van der Waals surface area contributed by atoms with E-state index in [2.05, 4.69) is 5.32 Å². The van der Waals surface area contributed by atoms with Crippen molar-refractivity contribution in [3.8, 4) is 0 Å². The van der Waals surface area contributed by atoms with Crippen molar-refractivity contribution in [2.45, 2.75) is 5.03 Å². The molecule has 20 heavy (non-hydrogen) atoms. The lowest BCUT2D eigenvalue weighted by molar-refractivity contribution is -0.645. The maximum absolute atomic E-state index is 11.8. The first kappa shape index (κ1) is 15.0. The van der Waals surface area contributed by atoms with Gasteiger partial charge in [0.05, 0.1) is 15.8 Å². The number of anilines is 1. The summed E-state index contributed by atoms with van der Waals surface area (Å²) in [5.74, 6) is -0.0933. The second-order valence-corrected chi connectivity index (χ2v) is 5.64. The Kier molecular flexibility index (Phi) is 5.11. The van der Waals surface area contributed by atoms with E-state index in [1.807, 2.05) is 0 Å². The molecule has 0 saturated heterocycles. The number of thioether (sulfide) groups is 1. The summed E-state index contributed by atoms with van der Waals surface area (Å²) in [7, 11) is 0. The van der Waals surface area contributed by atoms with E-state index in [-0.39, 0.29) is 11.7 Å². The Morgan fingerprint density at radius 2 is 2.05 bits per heavy atom. The van der Waals surface area contributed by atoms with Crippen molar-refractivity contribution in [2.24, 2.45) is 0 Å². The lowest BCUT2D eigenvalue weighted by atomic mass is 10.3. The molecule has 104 valence electrons. The molecule has 0 spiro atoms. The van der Waals surface area contributed by atoms with Crippen molar-refractivity contribution in [1.82, 2.24) is 0 Å². The molecule has 1 amide bonds. The Morgan fingerprint density at radius 1 is 1.25 bits per heavy atom. The van der Waals surface area contributed by atoms with E-state index in [0.29, 0.717) is 20.8 Å². The molecule has 0 aliphatic heterocycles. The fourth-order valence-electron chi connectivity index (χ4n) is 1.43. The van der Waals surface area contributed by atoms with E-state index < -0.39 is 0 Å². The molecule has 2 aromatic rings. The first-order valence-corrected chi connectivity index (χ1v) is 7.36. The van der Waals surface area contributed by atoms with Gasteiger partial charge in [0, 0.05) is 17.8 Å². The number of nitrogens with one attached hydrogen (secondary N) is 1. The summed E-state index contributed by atoms with van der Waals surface area (Å²) < 4.78 is 0.719. The van der Waals surface area contributed by atoms with E-state index in [1.54, 1.807) is 36.4 Å². The Morgan fingerprint density at radius 3 is 2.75 bits per heavy atom. The van der Waals surface area contributed by atoms with Crippen LogP contribution in [0.1, 0.15) is 0 Å². The average Bonchev–Trinajstić information content (AvgIpc) is 2.42. The van der Waals surface area contributed by atoms with E-state index in [9.17, 15) is 10.0 Å². The highest BCUT2D eigenvalue weighted by molar-refractivity contribution is 7.99. The zero-order valence-corrected chi connectivity index (χ0v) is 12.5. The molecular weight excluding hydrogens is 319 g/mol. The fraction of sp³-hybridized carbons (Fsp3) is 0.0769. The van der Waals surface area contributed by atoms with E-state index in [0.717, 1.165) is 16.5 Å². The van der Waals surface area contributed by atoms with Crippen LogP contribution in [0.15, 0.2) is 47.6 Å². The summed E-state index contributed by atoms with van der Waals surface area (Å²) in [5, 5.41) is 15.4. The molecule has 0 aliphatic rings. The van der Waals surface area contributed by atoms with Crippen LogP contribution < -0.4 is 10.0 Å². The van der Waals surface area contributed by atoms with Crippen molar-refractivity contribution in [3.63, 3.8) is 0 Å². The minimum Gasteiger partial charge on any atom is -0.618 e. The average molecular weight is 329 g/mol. The highest BCUT2D eigenvalue weighted by Crippen LogP contribution is 2.25. The maximum Gasteiger partial charge on any atom is 0.251 e. The number of rotatable bonds is 4. The molecule has 0 aliphatic carbocycles. The van der Waals surface area contributed by atoms with E-state index in [4.69, 9.17) is 23.2 Å². The summed E-state index contributed by atoms with van der Waals surface area (Å²) in [6.07, 6.45) is 1.39. The van der Waals surface area contributed by atoms with Crippen molar-refractivity contribution >= 4 is 46.6 Å². The van der Waals surface area contributed by atoms with Crippen LogP contribution in [-0.2, 0) is 4.79 Å². The summed E-state index contributed by atoms with van der Waals surface area (Å²) in [5.41, 5.74) is 0.563. The summed E-state index contributed by atoms with van der Waals surface area (Å²) in [4.78, 5) is 11.8. The van der Waals surface area contributed by atoms with Gasteiger partial charge in [-0.15, -0.1) is 0 Å². The first-order valence-electron chi connectivity index (χ1n) is 5.62. The Labute approximate surface area is 130 Å². The van der Waals surface area contributed by atoms with Crippen molar-refractivity contribution in [1.29, 1.82) is 0 Å². The SMILES string of the molecule is O=C(CSc1cccc[n+]1[O-])Nc1ccc(Cl)c(Cl)c1. The molecule has 2 rings (SSSR count). The van der Waals surface area contributed by atoms with Gasteiger partial charge in [-0.25, -0.2) is 0 Å². The van der Waals surface area contributed by atoms with Gasteiger partial charge in [-0.2, -0.15) is 4.73 Å². The summed E-state index contributed by atoms with van der Waals surface area (Å²) in [6.45, 7) is 0. The highest BCUT2D eigenvalue weighted by Gasteiger charge is 2.09. The number of hydrogen-bond acceptors (Lipinski definition) is 3. The number of pyridine rings is 1. The smallest absolute Gasteiger partial charge is 0.251 e. The molecule has 0 atom stereocenters. The Bertz CT molecular complexity index is 638. The predicted octanol–water partition coefficient (Wildman–Crippen LogP) is 3.36. The van der Waals surface area contributed by atoms with Gasteiger partial charge < -0.3 is 10.5 Å². The summed E-state index contributed by atoms with van der Waals surface area (Å²) >= 11 is 12.8. The topological polar surface area (TPSA) is 56.0 Å². The van der Waals surface area contributed by atoms with Gasteiger partial charge in [0.1, 0.15) is 0 Å². The van der Waals surface area contributed by atoms with Crippen LogP contribution in [0, 0.1) is 5.21 Å². The lowest BCUT2D eigenvalue weighted by Crippen LogP contribution is -2.28. The number of nitrogens with zero attached hydrogens (tertiary/aromatic N) is 1. The molecule has 0 radical (unpaired) electrons. The van der Waals surface area contributed by atoms with Crippen molar-refractivity contribution in [2.75, 3.05) is 11.1 Å². The molecule has 1 aromatic heterocycles. The van der Waals surface area contributed by atoms with Crippen LogP contribution in [0.4, 0.5) is 5.69 Å². The third kappa shape index (κ3) is 4.03. The van der Waals surface area contributed by atoms with Gasteiger partial charge in [0.25, 0.3) is 5.03 Å². The van der Waals surface area contributed by atoms with E-state index in [1.165, 1.54) is 6.20 Å².